The monoisotopic (exact) mass is 288 g/mol. The predicted octanol–water partition coefficient (Wildman–Crippen LogP) is 3.52. The van der Waals surface area contributed by atoms with E-state index in [2.05, 4.69) is 18.0 Å². The first kappa shape index (κ1) is 12.9. The van der Waals surface area contributed by atoms with E-state index in [1.54, 1.807) is 6.07 Å². The fourth-order valence-electron chi connectivity index (χ4n) is 2.64. The van der Waals surface area contributed by atoms with Crippen molar-refractivity contribution < 1.29 is 9.90 Å². The maximum Gasteiger partial charge on any atom is 0.335 e. The molecule has 1 aliphatic heterocycles. The molecule has 3 rings (SSSR count). The average molecular weight is 289 g/mol. The second kappa shape index (κ2) is 4.80. The van der Waals surface area contributed by atoms with E-state index in [0.717, 1.165) is 12.1 Å². The van der Waals surface area contributed by atoms with E-state index >= 15 is 0 Å². The SMILES string of the molecule is CC1Cc2ccccc2N1c1cc(C(=O)O)cc(Cl)n1. The van der Waals surface area contributed by atoms with Gasteiger partial charge in [0, 0.05) is 11.7 Å². The number of hydrogen-bond acceptors (Lipinski definition) is 3. The summed E-state index contributed by atoms with van der Waals surface area (Å²) in [5.41, 5.74) is 2.45. The Hall–Kier alpha value is -2.07. The highest BCUT2D eigenvalue weighted by atomic mass is 35.5. The van der Waals surface area contributed by atoms with Gasteiger partial charge in [-0.2, -0.15) is 0 Å². The van der Waals surface area contributed by atoms with Crippen LogP contribution in [0.5, 0.6) is 0 Å². The molecule has 1 atom stereocenters. The molecule has 0 fully saturated rings. The van der Waals surface area contributed by atoms with Crippen LogP contribution in [0.2, 0.25) is 5.15 Å². The predicted molar refractivity (Wildman–Crippen MR) is 78.0 cm³/mol. The van der Waals surface area contributed by atoms with Crippen molar-refractivity contribution in [1.82, 2.24) is 4.98 Å². The Labute approximate surface area is 121 Å². The lowest BCUT2D eigenvalue weighted by atomic mass is 10.1. The summed E-state index contributed by atoms with van der Waals surface area (Å²) in [7, 11) is 0. The van der Waals surface area contributed by atoms with Crippen molar-refractivity contribution in [2.24, 2.45) is 0 Å². The number of hydrogen-bond donors (Lipinski definition) is 1. The van der Waals surface area contributed by atoms with Crippen LogP contribution in [0.15, 0.2) is 36.4 Å². The van der Waals surface area contributed by atoms with E-state index in [-0.39, 0.29) is 16.8 Å². The molecule has 0 spiro atoms. The number of fused-ring (bicyclic) bond motifs is 1. The maximum atomic E-state index is 11.1. The summed E-state index contributed by atoms with van der Waals surface area (Å²) in [5.74, 6) is -0.428. The van der Waals surface area contributed by atoms with Crippen molar-refractivity contribution in [3.05, 3.63) is 52.7 Å². The second-order valence-electron chi connectivity index (χ2n) is 4.89. The first-order valence-electron chi connectivity index (χ1n) is 6.34. The van der Waals surface area contributed by atoms with Crippen LogP contribution in [0.25, 0.3) is 0 Å². The summed E-state index contributed by atoms with van der Waals surface area (Å²) in [6.07, 6.45) is 0.909. The van der Waals surface area contributed by atoms with Crippen LogP contribution in [-0.2, 0) is 6.42 Å². The van der Waals surface area contributed by atoms with Crippen molar-refractivity contribution in [2.75, 3.05) is 4.90 Å². The molecule has 1 aliphatic rings. The molecule has 0 radical (unpaired) electrons. The van der Waals surface area contributed by atoms with Crippen LogP contribution in [0.1, 0.15) is 22.8 Å². The third-order valence-electron chi connectivity index (χ3n) is 3.48. The number of carboxylic acids is 1. The van der Waals surface area contributed by atoms with Gasteiger partial charge in [0.25, 0.3) is 0 Å². The molecule has 20 heavy (non-hydrogen) atoms. The Bertz CT molecular complexity index is 687. The van der Waals surface area contributed by atoms with Gasteiger partial charge >= 0.3 is 5.97 Å². The summed E-state index contributed by atoms with van der Waals surface area (Å²) in [4.78, 5) is 17.5. The minimum absolute atomic E-state index is 0.150. The lowest BCUT2D eigenvalue weighted by Gasteiger charge is -2.24. The van der Waals surface area contributed by atoms with E-state index in [0.29, 0.717) is 5.82 Å². The number of para-hydroxylation sites is 1. The summed E-state index contributed by atoms with van der Waals surface area (Å²) in [6, 6.07) is 11.2. The molecule has 1 N–H and O–H groups in total. The van der Waals surface area contributed by atoms with Crippen molar-refractivity contribution in [2.45, 2.75) is 19.4 Å². The quantitative estimate of drug-likeness (QED) is 0.859. The number of carboxylic acid groups (broad SMARTS) is 1. The van der Waals surface area contributed by atoms with Crippen LogP contribution < -0.4 is 4.90 Å². The minimum Gasteiger partial charge on any atom is -0.478 e. The van der Waals surface area contributed by atoms with Gasteiger partial charge in [-0.15, -0.1) is 0 Å². The molecule has 1 unspecified atom stereocenters. The topological polar surface area (TPSA) is 53.4 Å². The van der Waals surface area contributed by atoms with Gasteiger partial charge in [0.2, 0.25) is 0 Å². The third kappa shape index (κ3) is 2.12. The summed E-state index contributed by atoms with van der Waals surface area (Å²) < 4.78 is 0. The Balaban J connectivity index is 2.11. The zero-order chi connectivity index (χ0) is 14.3. The van der Waals surface area contributed by atoms with Crippen LogP contribution >= 0.6 is 11.6 Å². The summed E-state index contributed by atoms with van der Waals surface area (Å²) >= 11 is 5.95. The number of benzene rings is 1. The maximum absolute atomic E-state index is 11.1. The summed E-state index contributed by atoms with van der Waals surface area (Å²) in [5, 5.41) is 9.32. The van der Waals surface area contributed by atoms with Gasteiger partial charge in [-0.3, -0.25) is 0 Å². The number of carbonyl (C=O) groups is 1. The van der Waals surface area contributed by atoms with E-state index in [9.17, 15) is 4.79 Å². The smallest absolute Gasteiger partial charge is 0.335 e. The van der Waals surface area contributed by atoms with Gasteiger partial charge in [-0.05, 0) is 37.1 Å². The largest absolute Gasteiger partial charge is 0.478 e. The third-order valence-corrected chi connectivity index (χ3v) is 3.68. The molecule has 0 amide bonds. The van der Waals surface area contributed by atoms with Crippen LogP contribution in [0.4, 0.5) is 11.5 Å². The van der Waals surface area contributed by atoms with Crippen LogP contribution in [-0.4, -0.2) is 22.1 Å². The molecule has 1 aromatic carbocycles. The Morgan fingerprint density at radius 2 is 2.15 bits per heavy atom. The Kier molecular flexibility index (Phi) is 3.10. The highest BCUT2D eigenvalue weighted by Gasteiger charge is 2.28. The van der Waals surface area contributed by atoms with Crippen LogP contribution in [0, 0.1) is 0 Å². The number of nitrogens with zero attached hydrogens (tertiary/aromatic N) is 2. The fraction of sp³-hybridized carbons (Fsp3) is 0.200. The molecule has 1 aromatic heterocycles. The van der Waals surface area contributed by atoms with Gasteiger partial charge in [0.05, 0.1) is 5.56 Å². The number of aromatic carboxylic acids is 1. The standard InChI is InChI=1S/C15H13ClN2O2/c1-9-6-10-4-2-3-5-12(10)18(9)14-8-11(15(19)20)7-13(16)17-14/h2-5,7-9H,6H2,1H3,(H,19,20). The van der Waals surface area contributed by atoms with Crippen LogP contribution in [0.3, 0.4) is 0 Å². The molecule has 2 heterocycles. The second-order valence-corrected chi connectivity index (χ2v) is 5.28. The minimum atomic E-state index is -1.00. The van der Waals surface area contributed by atoms with Crippen molar-refractivity contribution >= 4 is 29.1 Å². The highest BCUT2D eigenvalue weighted by Crippen LogP contribution is 2.37. The zero-order valence-corrected chi connectivity index (χ0v) is 11.6. The molecule has 0 aliphatic carbocycles. The van der Waals surface area contributed by atoms with Crippen molar-refractivity contribution in [3.63, 3.8) is 0 Å². The number of halogens is 1. The van der Waals surface area contributed by atoms with Gasteiger partial charge < -0.3 is 10.0 Å². The number of aromatic nitrogens is 1. The summed E-state index contributed by atoms with van der Waals surface area (Å²) in [6.45, 7) is 2.09. The average Bonchev–Trinajstić information content (AvgIpc) is 2.73. The highest BCUT2D eigenvalue weighted by molar-refractivity contribution is 6.29. The van der Waals surface area contributed by atoms with Gasteiger partial charge in [0.15, 0.2) is 0 Å². The lowest BCUT2D eigenvalue weighted by Crippen LogP contribution is -2.25. The van der Waals surface area contributed by atoms with E-state index < -0.39 is 5.97 Å². The number of anilines is 2. The molecule has 2 aromatic rings. The molecular weight excluding hydrogens is 276 g/mol. The molecule has 0 bridgehead atoms. The molecule has 5 heteroatoms. The molecular formula is C15H13ClN2O2. The molecule has 102 valence electrons. The number of pyridine rings is 1. The van der Waals surface area contributed by atoms with E-state index in [1.807, 2.05) is 23.1 Å². The molecule has 0 saturated heterocycles. The Morgan fingerprint density at radius 3 is 2.90 bits per heavy atom. The van der Waals surface area contributed by atoms with Gasteiger partial charge in [0.1, 0.15) is 11.0 Å². The van der Waals surface area contributed by atoms with E-state index in [4.69, 9.17) is 16.7 Å². The lowest BCUT2D eigenvalue weighted by molar-refractivity contribution is 0.0697. The zero-order valence-electron chi connectivity index (χ0n) is 10.9. The first-order valence-corrected chi connectivity index (χ1v) is 6.72. The normalized spacial score (nSPS) is 17.1. The van der Waals surface area contributed by atoms with E-state index in [1.165, 1.54) is 11.6 Å². The van der Waals surface area contributed by atoms with Gasteiger partial charge in [-0.1, -0.05) is 29.8 Å². The van der Waals surface area contributed by atoms with Crippen molar-refractivity contribution in [3.8, 4) is 0 Å². The number of rotatable bonds is 2. The first-order chi connectivity index (χ1) is 9.56. The molecule has 4 nitrogen and oxygen atoms in total. The van der Waals surface area contributed by atoms with Crippen molar-refractivity contribution in [1.29, 1.82) is 0 Å². The fourth-order valence-corrected chi connectivity index (χ4v) is 2.85. The Morgan fingerprint density at radius 1 is 1.40 bits per heavy atom. The molecule has 0 saturated carbocycles. The van der Waals surface area contributed by atoms with Gasteiger partial charge in [-0.25, -0.2) is 9.78 Å².